The molecular formula is C28H22N2O6. The van der Waals surface area contributed by atoms with E-state index in [2.05, 4.69) is 6.07 Å². The van der Waals surface area contributed by atoms with Gasteiger partial charge in [-0.1, -0.05) is 18.2 Å². The van der Waals surface area contributed by atoms with Gasteiger partial charge in [0, 0.05) is 0 Å². The Hall–Kier alpha value is -4.90. The number of benzene rings is 3. The Morgan fingerprint density at radius 1 is 0.917 bits per heavy atom. The molecule has 1 aliphatic rings. The molecule has 0 spiro atoms. The summed E-state index contributed by atoms with van der Waals surface area (Å²) in [6.45, 7) is 1.43. The fraction of sp³-hybridized carbons (Fsp3) is 0.143. The number of carbonyl (C=O) groups excluding carboxylic acids is 3. The van der Waals surface area contributed by atoms with Crippen molar-refractivity contribution in [3.05, 3.63) is 89.0 Å². The fourth-order valence-electron chi connectivity index (χ4n) is 3.83. The van der Waals surface area contributed by atoms with Crippen LogP contribution in [0.2, 0.25) is 0 Å². The van der Waals surface area contributed by atoms with Crippen LogP contribution in [0.15, 0.2) is 66.7 Å². The summed E-state index contributed by atoms with van der Waals surface area (Å²) < 4.78 is 16.0. The molecule has 36 heavy (non-hydrogen) atoms. The first-order valence-corrected chi connectivity index (χ1v) is 11.0. The van der Waals surface area contributed by atoms with Gasteiger partial charge in [-0.3, -0.25) is 14.5 Å². The highest BCUT2D eigenvalue weighted by molar-refractivity contribution is 6.22. The maximum absolute atomic E-state index is 12.9. The third-order valence-electron chi connectivity index (χ3n) is 5.78. The summed E-state index contributed by atoms with van der Waals surface area (Å²) in [5.74, 6) is -0.837. The topological polar surface area (TPSA) is 106 Å². The first kappa shape index (κ1) is 24.2. The van der Waals surface area contributed by atoms with Crippen molar-refractivity contribution in [3.8, 4) is 23.3 Å². The van der Waals surface area contributed by atoms with Gasteiger partial charge in [0.05, 0.1) is 37.0 Å². The molecule has 1 heterocycles. The molecule has 0 fully saturated rings. The number of fused-ring (bicyclic) bond motifs is 1. The molecule has 2 amide bonds. The quantitative estimate of drug-likeness (QED) is 0.162. The third-order valence-corrected chi connectivity index (χ3v) is 5.78. The minimum Gasteiger partial charge on any atom is -0.497 e. The van der Waals surface area contributed by atoms with Crippen molar-refractivity contribution in [1.82, 2.24) is 4.90 Å². The molecular weight excluding hydrogens is 460 g/mol. The third kappa shape index (κ3) is 4.55. The van der Waals surface area contributed by atoms with Crippen LogP contribution in [0, 0.1) is 11.3 Å². The van der Waals surface area contributed by atoms with Crippen molar-refractivity contribution in [1.29, 1.82) is 5.26 Å². The molecule has 8 nitrogen and oxygen atoms in total. The first-order chi connectivity index (χ1) is 17.4. The van der Waals surface area contributed by atoms with Gasteiger partial charge in [-0.2, -0.15) is 5.26 Å². The van der Waals surface area contributed by atoms with Gasteiger partial charge in [-0.15, -0.1) is 0 Å². The molecule has 180 valence electrons. The molecule has 0 bridgehead atoms. The number of nitrogens with zero attached hydrogens (tertiary/aromatic N) is 2. The van der Waals surface area contributed by atoms with E-state index >= 15 is 0 Å². The van der Waals surface area contributed by atoms with Crippen LogP contribution >= 0.6 is 0 Å². The number of hydrogen-bond acceptors (Lipinski definition) is 7. The van der Waals surface area contributed by atoms with E-state index in [1.807, 2.05) is 0 Å². The number of allylic oxidation sites excluding steroid dienone is 1. The van der Waals surface area contributed by atoms with E-state index in [0.29, 0.717) is 22.4 Å². The van der Waals surface area contributed by atoms with Crippen molar-refractivity contribution in [2.75, 3.05) is 14.2 Å². The normalized spacial score (nSPS) is 13.6. The number of methoxy groups -OCH3 is 2. The number of imide groups is 1. The van der Waals surface area contributed by atoms with Gasteiger partial charge in [0.1, 0.15) is 11.8 Å². The summed E-state index contributed by atoms with van der Waals surface area (Å²) in [7, 11) is 2.99. The Morgan fingerprint density at radius 2 is 1.56 bits per heavy atom. The van der Waals surface area contributed by atoms with E-state index in [1.54, 1.807) is 73.8 Å². The van der Waals surface area contributed by atoms with Crippen LogP contribution in [0.1, 0.15) is 38.8 Å². The minimum atomic E-state index is -1.15. The molecule has 0 aliphatic carbocycles. The standard InChI is InChI=1S/C28H22N2O6/c1-17(30-26(31)22-6-4-5-7-23(22)27(30)32)28(33)36-24-13-8-18(15-25(24)35-3)14-20(16-29)19-9-11-21(34-2)12-10-19/h4-15,17H,1-3H3/b20-14-. The molecule has 0 N–H and O–H groups in total. The van der Waals surface area contributed by atoms with Crippen LogP contribution in [0.3, 0.4) is 0 Å². The maximum Gasteiger partial charge on any atom is 0.334 e. The number of hydrogen-bond donors (Lipinski definition) is 0. The van der Waals surface area contributed by atoms with Gasteiger partial charge in [0.2, 0.25) is 0 Å². The van der Waals surface area contributed by atoms with E-state index in [0.717, 1.165) is 4.90 Å². The van der Waals surface area contributed by atoms with Crippen LogP contribution in [-0.4, -0.2) is 42.9 Å². The lowest BCUT2D eigenvalue weighted by atomic mass is 10.0. The monoisotopic (exact) mass is 482 g/mol. The van der Waals surface area contributed by atoms with E-state index in [-0.39, 0.29) is 22.6 Å². The van der Waals surface area contributed by atoms with Gasteiger partial charge in [-0.25, -0.2) is 4.79 Å². The molecule has 1 aliphatic heterocycles. The lowest BCUT2D eigenvalue weighted by molar-refractivity contribution is -0.138. The Kier molecular flexibility index (Phi) is 6.84. The van der Waals surface area contributed by atoms with E-state index in [4.69, 9.17) is 14.2 Å². The molecule has 4 rings (SSSR count). The summed E-state index contributed by atoms with van der Waals surface area (Å²) in [6.07, 6.45) is 1.68. The van der Waals surface area contributed by atoms with Crippen molar-refractivity contribution in [2.24, 2.45) is 0 Å². The summed E-state index contributed by atoms with van der Waals surface area (Å²) in [5, 5.41) is 9.63. The molecule has 0 aromatic heterocycles. The molecule has 3 aromatic carbocycles. The highest BCUT2D eigenvalue weighted by Crippen LogP contribution is 2.31. The molecule has 0 radical (unpaired) electrons. The number of carbonyl (C=O) groups is 3. The average Bonchev–Trinajstić information content (AvgIpc) is 3.17. The molecule has 0 saturated heterocycles. The Labute approximate surface area is 207 Å². The largest absolute Gasteiger partial charge is 0.497 e. The number of rotatable bonds is 7. The van der Waals surface area contributed by atoms with Crippen LogP contribution < -0.4 is 14.2 Å². The SMILES string of the molecule is COc1ccc(/C(C#N)=C\c2ccc(OC(=O)C(C)N3C(=O)c4ccccc4C3=O)c(OC)c2)cc1. The van der Waals surface area contributed by atoms with Crippen LogP contribution in [0.4, 0.5) is 0 Å². The van der Waals surface area contributed by atoms with E-state index < -0.39 is 23.8 Å². The Morgan fingerprint density at radius 3 is 2.11 bits per heavy atom. The van der Waals surface area contributed by atoms with Crippen molar-refractivity contribution >= 4 is 29.4 Å². The highest BCUT2D eigenvalue weighted by Gasteiger charge is 2.41. The van der Waals surface area contributed by atoms with Crippen LogP contribution in [-0.2, 0) is 4.79 Å². The van der Waals surface area contributed by atoms with Gasteiger partial charge >= 0.3 is 5.97 Å². The molecule has 0 saturated carbocycles. The van der Waals surface area contributed by atoms with Crippen LogP contribution in [0.25, 0.3) is 11.6 Å². The minimum absolute atomic E-state index is 0.117. The zero-order valence-corrected chi connectivity index (χ0v) is 19.8. The number of esters is 1. The molecule has 3 aromatic rings. The van der Waals surface area contributed by atoms with Crippen molar-refractivity contribution in [2.45, 2.75) is 13.0 Å². The average molecular weight is 482 g/mol. The first-order valence-electron chi connectivity index (χ1n) is 11.0. The van der Waals surface area contributed by atoms with E-state index in [1.165, 1.54) is 20.1 Å². The lowest BCUT2D eigenvalue weighted by Gasteiger charge is -2.21. The Balaban J connectivity index is 1.54. The lowest BCUT2D eigenvalue weighted by Crippen LogP contribution is -2.44. The predicted molar refractivity (Wildman–Crippen MR) is 132 cm³/mol. The highest BCUT2D eigenvalue weighted by atomic mass is 16.6. The number of ether oxygens (including phenoxy) is 3. The molecule has 8 heteroatoms. The maximum atomic E-state index is 12.9. The second kappa shape index (κ2) is 10.2. The van der Waals surface area contributed by atoms with E-state index in [9.17, 15) is 19.6 Å². The summed E-state index contributed by atoms with van der Waals surface area (Å²) >= 11 is 0. The number of nitriles is 1. The second-order valence-electron chi connectivity index (χ2n) is 7.93. The van der Waals surface area contributed by atoms with Gasteiger partial charge < -0.3 is 14.2 Å². The summed E-state index contributed by atoms with van der Waals surface area (Å²) in [5.41, 5.74) is 2.28. The van der Waals surface area contributed by atoms with Gasteiger partial charge in [0.15, 0.2) is 11.5 Å². The summed E-state index contributed by atoms with van der Waals surface area (Å²) in [6, 6.07) is 19.3. The van der Waals surface area contributed by atoms with Gasteiger partial charge in [0.25, 0.3) is 11.8 Å². The fourth-order valence-corrected chi connectivity index (χ4v) is 3.83. The van der Waals surface area contributed by atoms with Gasteiger partial charge in [-0.05, 0) is 72.7 Å². The molecule has 1 unspecified atom stereocenters. The summed E-state index contributed by atoms with van der Waals surface area (Å²) in [4.78, 5) is 39.1. The zero-order valence-electron chi connectivity index (χ0n) is 19.8. The molecule has 1 atom stereocenters. The smallest absolute Gasteiger partial charge is 0.334 e. The van der Waals surface area contributed by atoms with Crippen molar-refractivity contribution < 1.29 is 28.6 Å². The zero-order chi connectivity index (χ0) is 25.8. The Bertz CT molecular complexity index is 1380. The van der Waals surface area contributed by atoms with Crippen LogP contribution in [0.5, 0.6) is 17.2 Å². The van der Waals surface area contributed by atoms with Crippen molar-refractivity contribution in [3.63, 3.8) is 0 Å². The second-order valence-corrected chi connectivity index (χ2v) is 7.93. The predicted octanol–water partition coefficient (Wildman–Crippen LogP) is 4.36. The number of amides is 2.